The van der Waals surface area contributed by atoms with E-state index in [2.05, 4.69) is 21.2 Å². The van der Waals surface area contributed by atoms with E-state index in [1.807, 2.05) is 32.2 Å². The standard InChI is InChI=1S/C27H37N5O4/c1-18-12-20(24(33)22(14-18)26(28)35)16-31-8-3-6-30-7-4-9-32(11-5-10-31)17-21-13-19(2)15-23(25(21)34)27(29)36/h5,10,12-15,30,33-34H,3-4,6-9,11,16-17H2,1-2H3,(H2,28,35)(H2,29,36)/b10-5-. The molecule has 1 aliphatic rings. The highest BCUT2D eigenvalue weighted by Gasteiger charge is 2.17. The highest BCUT2D eigenvalue weighted by molar-refractivity contribution is 5.96. The Morgan fingerprint density at radius 1 is 0.861 bits per heavy atom. The average Bonchev–Trinajstić information content (AvgIpc) is 2.80. The van der Waals surface area contributed by atoms with Crippen LogP contribution >= 0.6 is 0 Å². The zero-order chi connectivity index (χ0) is 26.2. The van der Waals surface area contributed by atoms with Crippen molar-refractivity contribution in [2.45, 2.75) is 39.8 Å². The molecule has 0 unspecified atom stereocenters. The topological polar surface area (TPSA) is 145 Å². The van der Waals surface area contributed by atoms with Crippen molar-refractivity contribution in [1.82, 2.24) is 15.1 Å². The molecule has 3 rings (SSSR count). The molecule has 0 spiro atoms. The first-order valence-electron chi connectivity index (χ1n) is 12.2. The predicted molar refractivity (Wildman–Crippen MR) is 140 cm³/mol. The minimum absolute atomic E-state index is 0.0666. The van der Waals surface area contributed by atoms with Gasteiger partial charge in [-0.05, 0) is 69.2 Å². The Bertz CT molecular complexity index is 1130. The SMILES string of the molecule is Cc1cc(CN2/C=C\CN(Cc3cc(C)cc(C(N)=O)c3O)CCCNCCC2)c(O)c(C(N)=O)c1. The highest BCUT2D eigenvalue weighted by atomic mass is 16.3. The maximum atomic E-state index is 11.7. The number of nitrogens with one attached hydrogen (secondary N) is 1. The lowest BCUT2D eigenvalue weighted by Crippen LogP contribution is -2.30. The van der Waals surface area contributed by atoms with E-state index in [1.54, 1.807) is 12.1 Å². The van der Waals surface area contributed by atoms with E-state index in [0.29, 0.717) is 30.8 Å². The predicted octanol–water partition coefficient (Wildman–Crippen LogP) is 2.11. The van der Waals surface area contributed by atoms with Gasteiger partial charge >= 0.3 is 0 Å². The van der Waals surface area contributed by atoms with E-state index >= 15 is 0 Å². The van der Waals surface area contributed by atoms with Gasteiger partial charge in [0.05, 0.1) is 11.1 Å². The molecule has 1 aliphatic heterocycles. The van der Waals surface area contributed by atoms with Crippen molar-refractivity contribution >= 4 is 11.8 Å². The second-order valence-electron chi connectivity index (χ2n) is 9.42. The summed E-state index contributed by atoms with van der Waals surface area (Å²) in [4.78, 5) is 27.8. The molecule has 2 aromatic rings. The van der Waals surface area contributed by atoms with Crippen molar-refractivity contribution in [2.24, 2.45) is 11.5 Å². The number of primary amides is 2. The van der Waals surface area contributed by atoms with E-state index in [4.69, 9.17) is 11.5 Å². The molecule has 0 bridgehead atoms. The van der Waals surface area contributed by atoms with Crippen molar-refractivity contribution in [2.75, 3.05) is 32.7 Å². The Morgan fingerprint density at radius 3 is 1.94 bits per heavy atom. The molecule has 7 N–H and O–H groups in total. The third-order valence-electron chi connectivity index (χ3n) is 6.27. The van der Waals surface area contributed by atoms with Crippen molar-refractivity contribution in [3.63, 3.8) is 0 Å². The summed E-state index contributed by atoms with van der Waals surface area (Å²) in [6, 6.07) is 6.94. The first-order chi connectivity index (χ1) is 17.2. The van der Waals surface area contributed by atoms with E-state index in [-0.39, 0.29) is 22.6 Å². The van der Waals surface area contributed by atoms with Gasteiger partial charge in [-0.25, -0.2) is 0 Å². The maximum Gasteiger partial charge on any atom is 0.252 e. The van der Waals surface area contributed by atoms with Crippen LogP contribution in [0.4, 0.5) is 0 Å². The van der Waals surface area contributed by atoms with Crippen molar-refractivity contribution in [1.29, 1.82) is 0 Å². The second kappa shape index (κ2) is 12.4. The first-order valence-corrected chi connectivity index (χ1v) is 12.2. The van der Waals surface area contributed by atoms with Crippen LogP contribution in [0.5, 0.6) is 11.5 Å². The summed E-state index contributed by atoms with van der Waals surface area (Å²) in [5.74, 6) is -1.44. The van der Waals surface area contributed by atoms with Gasteiger partial charge in [-0.2, -0.15) is 0 Å². The van der Waals surface area contributed by atoms with Crippen LogP contribution in [0.1, 0.15) is 55.8 Å². The highest BCUT2D eigenvalue weighted by Crippen LogP contribution is 2.27. The van der Waals surface area contributed by atoms with Crippen molar-refractivity contribution in [3.8, 4) is 11.5 Å². The summed E-state index contributed by atoms with van der Waals surface area (Å²) < 4.78 is 0. The summed E-state index contributed by atoms with van der Waals surface area (Å²) in [5.41, 5.74) is 14.2. The molecule has 2 aromatic carbocycles. The van der Waals surface area contributed by atoms with Gasteiger partial charge in [-0.15, -0.1) is 0 Å². The van der Waals surface area contributed by atoms with Gasteiger partial charge in [-0.1, -0.05) is 18.2 Å². The fraction of sp³-hybridized carbons (Fsp3) is 0.407. The number of aryl methyl sites for hydroxylation is 2. The summed E-state index contributed by atoms with van der Waals surface area (Å²) in [7, 11) is 0. The van der Waals surface area contributed by atoms with Crippen LogP contribution in [-0.2, 0) is 13.1 Å². The monoisotopic (exact) mass is 495 g/mol. The number of nitrogens with two attached hydrogens (primary N) is 2. The third kappa shape index (κ3) is 7.22. The number of aromatic hydroxyl groups is 2. The average molecular weight is 496 g/mol. The van der Waals surface area contributed by atoms with Gasteiger partial charge < -0.3 is 31.9 Å². The zero-order valence-corrected chi connectivity index (χ0v) is 21.1. The Morgan fingerprint density at radius 2 is 1.39 bits per heavy atom. The van der Waals surface area contributed by atoms with Gasteiger partial charge in [0.2, 0.25) is 0 Å². The fourth-order valence-electron chi connectivity index (χ4n) is 4.53. The van der Waals surface area contributed by atoms with Gasteiger partial charge in [-0.3, -0.25) is 14.5 Å². The lowest BCUT2D eigenvalue weighted by Gasteiger charge is -2.25. The van der Waals surface area contributed by atoms with Crippen LogP contribution in [0.3, 0.4) is 0 Å². The summed E-state index contributed by atoms with van der Waals surface area (Å²) in [6.45, 7) is 8.57. The van der Waals surface area contributed by atoms with E-state index in [0.717, 1.165) is 50.1 Å². The molecule has 1 heterocycles. The Kier molecular flexibility index (Phi) is 9.32. The smallest absolute Gasteiger partial charge is 0.252 e. The molecule has 36 heavy (non-hydrogen) atoms. The number of amides is 2. The molecule has 0 aromatic heterocycles. The molecule has 0 saturated carbocycles. The number of nitrogens with zero attached hydrogens (tertiary/aromatic N) is 2. The Hall–Kier alpha value is -3.56. The molecule has 0 atom stereocenters. The molecule has 9 nitrogen and oxygen atoms in total. The molecule has 0 aliphatic carbocycles. The lowest BCUT2D eigenvalue weighted by atomic mass is 10.0. The summed E-state index contributed by atoms with van der Waals surface area (Å²) in [6.07, 6.45) is 5.93. The number of hydrogen-bond donors (Lipinski definition) is 5. The molecule has 194 valence electrons. The van der Waals surface area contributed by atoms with E-state index < -0.39 is 11.8 Å². The zero-order valence-electron chi connectivity index (χ0n) is 21.1. The van der Waals surface area contributed by atoms with Crippen LogP contribution in [0.15, 0.2) is 36.5 Å². The van der Waals surface area contributed by atoms with Crippen molar-refractivity contribution < 1.29 is 19.8 Å². The Labute approximate surface area is 212 Å². The number of benzene rings is 2. The van der Waals surface area contributed by atoms with Gasteiger partial charge in [0.25, 0.3) is 11.8 Å². The number of carbonyl (C=O) groups is 2. The van der Waals surface area contributed by atoms with E-state index in [1.165, 1.54) is 0 Å². The minimum Gasteiger partial charge on any atom is -0.507 e. The third-order valence-corrected chi connectivity index (χ3v) is 6.27. The normalized spacial score (nSPS) is 16.7. The molecule has 9 heteroatoms. The van der Waals surface area contributed by atoms with Gasteiger partial charge in [0, 0.05) is 43.9 Å². The maximum absolute atomic E-state index is 11.7. The van der Waals surface area contributed by atoms with E-state index in [9.17, 15) is 19.8 Å². The second-order valence-corrected chi connectivity index (χ2v) is 9.42. The number of phenols is 2. The van der Waals surface area contributed by atoms with Crippen LogP contribution < -0.4 is 16.8 Å². The minimum atomic E-state index is -0.652. The largest absolute Gasteiger partial charge is 0.507 e. The number of rotatable bonds is 6. The molecular weight excluding hydrogens is 458 g/mol. The molecule has 2 amide bonds. The fourth-order valence-corrected chi connectivity index (χ4v) is 4.53. The van der Waals surface area contributed by atoms with Crippen LogP contribution in [0.25, 0.3) is 0 Å². The van der Waals surface area contributed by atoms with Crippen LogP contribution in [0.2, 0.25) is 0 Å². The lowest BCUT2D eigenvalue weighted by molar-refractivity contribution is 0.0988. The first kappa shape index (κ1) is 27.0. The molecule has 0 fully saturated rings. The number of carbonyl (C=O) groups excluding carboxylic acids is 2. The quantitative estimate of drug-likeness (QED) is 0.413. The van der Waals surface area contributed by atoms with Crippen molar-refractivity contribution in [3.05, 3.63) is 69.9 Å². The molecule has 0 saturated heterocycles. The van der Waals surface area contributed by atoms with Crippen LogP contribution in [-0.4, -0.2) is 64.6 Å². The molecule has 0 radical (unpaired) electrons. The van der Waals surface area contributed by atoms with Crippen LogP contribution in [0, 0.1) is 13.8 Å². The Balaban J connectivity index is 1.80. The van der Waals surface area contributed by atoms with Gasteiger partial charge in [0.1, 0.15) is 11.5 Å². The summed E-state index contributed by atoms with van der Waals surface area (Å²) >= 11 is 0. The molecular formula is C27H37N5O4. The van der Waals surface area contributed by atoms with Gasteiger partial charge in [0.15, 0.2) is 0 Å². The summed E-state index contributed by atoms with van der Waals surface area (Å²) in [5, 5.41) is 24.7. The number of hydrogen-bond acceptors (Lipinski definition) is 7.